The molecular formula is C10H18O4. The maximum absolute atomic E-state index is 10.7. The third-order valence-corrected chi connectivity index (χ3v) is 1.25. The molecule has 0 amide bonds. The van der Waals surface area contributed by atoms with E-state index in [1.807, 2.05) is 0 Å². The summed E-state index contributed by atoms with van der Waals surface area (Å²) in [4.78, 5) is 10.7. The molecule has 0 aromatic rings. The van der Waals surface area contributed by atoms with E-state index in [1.165, 1.54) is 6.26 Å². The number of rotatable bonds is 4. The minimum absolute atomic E-state index is 0.0734. The number of ether oxygens (including phenoxy) is 2. The SMILES string of the molecule is C/C=C(\C)C(=O)OCCO.C=COC. The fourth-order valence-electron chi connectivity index (χ4n) is 0.370. The molecule has 0 atom stereocenters. The summed E-state index contributed by atoms with van der Waals surface area (Å²) in [5.74, 6) is -0.364. The molecule has 0 saturated carbocycles. The fraction of sp³-hybridized carbons (Fsp3) is 0.500. The van der Waals surface area contributed by atoms with Gasteiger partial charge in [0.15, 0.2) is 0 Å². The largest absolute Gasteiger partial charge is 0.505 e. The first-order valence-corrected chi connectivity index (χ1v) is 4.18. The molecule has 0 aromatic carbocycles. The Morgan fingerprint density at radius 2 is 2.07 bits per heavy atom. The van der Waals surface area contributed by atoms with Crippen LogP contribution in [0.2, 0.25) is 0 Å². The van der Waals surface area contributed by atoms with Crippen molar-refractivity contribution in [2.24, 2.45) is 0 Å². The van der Waals surface area contributed by atoms with Crippen LogP contribution in [-0.2, 0) is 14.3 Å². The minimum Gasteiger partial charge on any atom is -0.505 e. The Bertz CT molecular complexity index is 185. The van der Waals surface area contributed by atoms with E-state index in [0.717, 1.165) is 0 Å². The maximum Gasteiger partial charge on any atom is 0.333 e. The van der Waals surface area contributed by atoms with Crippen molar-refractivity contribution >= 4 is 5.97 Å². The second kappa shape index (κ2) is 11.7. The fourth-order valence-corrected chi connectivity index (χ4v) is 0.370. The van der Waals surface area contributed by atoms with E-state index < -0.39 is 0 Å². The van der Waals surface area contributed by atoms with Crippen LogP contribution in [0.15, 0.2) is 24.5 Å². The van der Waals surface area contributed by atoms with E-state index in [4.69, 9.17) is 5.11 Å². The van der Waals surface area contributed by atoms with Gasteiger partial charge in [-0.2, -0.15) is 0 Å². The molecule has 0 radical (unpaired) electrons. The van der Waals surface area contributed by atoms with Gasteiger partial charge >= 0.3 is 5.97 Å². The monoisotopic (exact) mass is 202 g/mol. The molecule has 0 rings (SSSR count). The number of carbonyl (C=O) groups excluding carboxylic acids is 1. The maximum atomic E-state index is 10.7. The van der Waals surface area contributed by atoms with Gasteiger partial charge in [0.2, 0.25) is 0 Å². The molecule has 4 nitrogen and oxygen atoms in total. The van der Waals surface area contributed by atoms with E-state index in [2.05, 4.69) is 16.1 Å². The van der Waals surface area contributed by atoms with Crippen LogP contribution in [0, 0.1) is 0 Å². The van der Waals surface area contributed by atoms with Crippen molar-refractivity contribution in [3.05, 3.63) is 24.5 Å². The predicted molar refractivity (Wildman–Crippen MR) is 54.7 cm³/mol. The number of esters is 1. The summed E-state index contributed by atoms with van der Waals surface area (Å²) in [5.41, 5.74) is 0.563. The number of hydrogen-bond acceptors (Lipinski definition) is 4. The van der Waals surface area contributed by atoms with Gasteiger partial charge in [0.1, 0.15) is 6.61 Å². The topological polar surface area (TPSA) is 55.8 Å². The molecule has 0 aromatic heterocycles. The van der Waals surface area contributed by atoms with Crippen LogP contribution in [-0.4, -0.2) is 31.4 Å². The lowest BCUT2D eigenvalue weighted by Crippen LogP contribution is -2.08. The number of hydrogen-bond donors (Lipinski definition) is 1. The zero-order chi connectivity index (χ0) is 11.4. The van der Waals surface area contributed by atoms with E-state index in [-0.39, 0.29) is 19.2 Å². The highest BCUT2D eigenvalue weighted by molar-refractivity contribution is 5.87. The van der Waals surface area contributed by atoms with Gasteiger partial charge < -0.3 is 14.6 Å². The molecule has 0 aliphatic heterocycles. The average Bonchev–Trinajstić information content (AvgIpc) is 2.24. The van der Waals surface area contributed by atoms with Crippen molar-refractivity contribution in [2.45, 2.75) is 13.8 Å². The van der Waals surface area contributed by atoms with Gasteiger partial charge in [-0.25, -0.2) is 4.79 Å². The molecule has 0 saturated heterocycles. The molecule has 0 unspecified atom stereocenters. The number of aliphatic hydroxyl groups excluding tert-OH is 1. The van der Waals surface area contributed by atoms with Crippen molar-refractivity contribution in [1.82, 2.24) is 0 Å². The molecule has 0 aliphatic rings. The van der Waals surface area contributed by atoms with Gasteiger partial charge in [0.25, 0.3) is 0 Å². The molecule has 1 N–H and O–H groups in total. The molecule has 4 heteroatoms. The van der Waals surface area contributed by atoms with Crippen LogP contribution in [0.25, 0.3) is 0 Å². The molecule has 14 heavy (non-hydrogen) atoms. The molecule has 0 bridgehead atoms. The first-order valence-electron chi connectivity index (χ1n) is 4.18. The summed E-state index contributed by atoms with van der Waals surface area (Å²) in [6, 6.07) is 0. The number of aliphatic hydroxyl groups is 1. The average molecular weight is 202 g/mol. The van der Waals surface area contributed by atoms with E-state index in [9.17, 15) is 4.79 Å². The van der Waals surface area contributed by atoms with E-state index in [0.29, 0.717) is 5.57 Å². The van der Waals surface area contributed by atoms with Gasteiger partial charge in [0, 0.05) is 5.57 Å². The van der Waals surface area contributed by atoms with Gasteiger partial charge in [-0.15, -0.1) is 0 Å². The van der Waals surface area contributed by atoms with Crippen LogP contribution in [0.1, 0.15) is 13.8 Å². The Morgan fingerprint density at radius 1 is 1.57 bits per heavy atom. The van der Waals surface area contributed by atoms with Crippen LogP contribution in [0.5, 0.6) is 0 Å². The highest BCUT2D eigenvalue weighted by Gasteiger charge is 2.01. The van der Waals surface area contributed by atoms with Crippen molar-refractivity contribution in [3.63, 3.8) is 0 Å². The summed E-state index contributed by atoms with van der Waals surface area (Å²) in [7, 11) is 1.56. The molecule has 0 fully saturated rings. The van der Waals surface area contributed by atoms with Crippen molar-refractivity contribution < 1.29 is 19.4 Å². The quantitative estimate of drug-likeness (QED) is 0.423. The smallest absolute Gasteiger partial charge is 0.333 e. The molecule has 82 valence electrons. The zero-order valence-corrected chi connectivity index (χ0v) is 8.95. The summed E-state index contributed by atoms with van der Waals surface area (Å²) in [6.07, 6.45) is 3.04. The summed E-state index contributed by atoms with van der Waals surface area (Å²) in [6.45, 7) is 6.63. The zero-order valence-electron chi connectivity index (χ0n) is 8.95. The lowest BCUT2D eigenvalue weighted by atomic mass is 10.3. The van der Waals surface area contributed by atoms with Crippen molar-refractivity contribution in [1.29, 1.82) is 0 Å². The predicted octanol–water partition coefficient (Wildman–Crippen LogP) is 1.26. The molecule has 0 aliphatic carbocycles. The second-order valence-corrected chi connectivity index (χ2v) is 2.23. The Morgan fingerprint density at radius 3 is 2.36 bits per heavy atom. The van der Waals surface area contributed by atoms with Crippen molar-refractivity contribution in [3.8, 4) is 0 Å². The first kappa shape index (κ1) is 15.2. The van der Waals surface area contributed by atoms with E-state index in [1.54, 1.807) is 27.0 Å². The Hall–Kier alpha value is -1.29. The van der Waals surface area contributed by atoms with Crippen LogP contribution in [0.3, 0.4) is 0 Å². The summed E-state index contributed by atoms with van der Waals surface area (Å²) < 4.78 is 8.89. The van der Waals surface area contributed by atoms with Gasteiger partial charge in [0.05, 0.1) is 20.0 Å². The molecule has 0 spiro atoms. The van der Waals surface area contributed by atoms with Gasteiger partial charge in [-0.1, -0.05) is 12.7 Å². The van der Waals surface area contributed by atoms with Gasteiger partial charge in [-0.3, -0.25) is 0 Å². The number of allylic oxidation sites excluding steroid dienone is 1. The standard InChI is InChI=1S/C7H12O3.C3H6O/c1-3-6(2)7(9)10-5-4-8;1-3-4-2/h3,8H,4-5H2,1-2H3;3H,1H2,2H3/b6-3+;. The first-order chi connectivity index (χ1) is 6.63. The Labute approximate surface area is 84.8 Å². The minimum atomic E-state index is -0.364. The van der Waals surface area contributed by atoms with Crippen LogP contribution >= 0.6 is 0 Å². The van der Waals surface area contributed by atoms with Crippen LogP contribution < -0.4 is 0 Å². The second-order valence-electron chi connectivity index (χ2n) is 2.23. The number of carbonyl (C=O) groups is 1. The third-order valence-electron chi connectivity index (χ3n) is 1.25. The van der Waals surface area contributed by atoms with Crippen molar-refractivity contribution in [2.75, 3.05) is 20.3 Å². The Kier molecular flexibility index (Phi) is 12.7. The highest BCUT2D eigenvalue weighted by atomic mass is 16.5. The lowest BCUT2D eigenvalue weighted by Gasteiger charge is -2.00. The normalized spacial score (nSPS) is 9.57. The number of methoxy groups -OCH3 is 1. The summed E-state index contributed by atoms with van der Waals surface area (Å²) in [5, 5.41) is 8.27. The Balaban J connectivity index is 0. The third kappa shape index (κ3) is 10.7. The van der Waals surface area contributed by atoms with Crippen LogP contribution in [0.4, 0.5) is 0 Å². The van der Waals surface area contributed by atoms with Gasteiger partial charge in [-0.05, 0) is 13.8 Å². The highest BCUT2D eigenvalue weighted by Crippen LogP contribution is 1.94. The van der Waals surface area contributed by atoms with E-state index >= 15 is 0 Å². The molecule has 0 heterocycles. The summed E-state index contributed by atoms with van der Waals surface area (Å²) >= 11 is 0. The molecular weight excluding hydrogens is 184 g/mol. The lowest BCUT2D eigenvalue weighted by molar-refractivity contribution is -0.139.